The van der Waals surface area contributed by atoms with Gasteiger partial charge in [0.25, 0.3) is 11.8 Å². The Kier molecular flexibility index (Phi) is 5.99. The van der Waals surface area contributed by atoms with Crippen LogP contribution in [0.5, 0.6) is 11.5 Å². The molecule has 1 aliphatic rings. The van der Waals surface area contributed by atoms with Crippen LogP contribution in [0.4, 0.5) is 5.69 Å². The summed E-state index contributed by atoms with van der Waals surface area (Å²) >= 11 is 0. The summed E-state index contributed by atoms with van der Waals surface area (Å²) < 4.78 is 11.1. The highest BCUT2D eigenvalue weighted by molar-refractivity contribution is 6.37. The van der Waals surface area contributed by atoms with Crippen molar-refractivity contribution in [3.8, 4) is 11.5 Å². The summed E-state index contributed by atoms with van der Waals surface area (Å²) in [5.41, 5.74) is 1.81. The van der Waals surface area contributed by atoms with E-state index in [9.17, 15) is 9.59 Å². The van der Waals surface area contributed by atoms with E-state index >= 15 is 0 Å². The lowest BCUT2D eigenvalue weighted by Crippen LogP contribution is -2.32. The number of benzene rings is 2. The molecule has 28 heavy (non-hydrogen) atoms. The molecule has 0 aliphatic carbocycles. The molecule has 2 aromatic carbocycles. The quantitative estimate of drug-likeness (QED) is 0.708. The Bertz CT molecular complexity index is 920. The van der Waals surface area contributed by atoms with E-state index in [1.54, 1.807) is 26.2 Å². The number of carbonyl (C=O) groups is 2. The molecule has 0 bridgehead atoms. The lowest BCUT2D eigenvalue weighted by atomic mass is 10.0. The minimum atomic E-state index is -0.353. The third-order valence-corrected chi connectivity index (χ3v) is 4.44. The minimum Gasteiger partial charge on any atom is -0.496 e. The number of imide groups is 1. The van der Waals surface area contributed by atoms with Crippen molar-refractivity contribution in [2.24, 2.45) is 0 Å². The molecule has 3 rings (SSSR count). The number of para-hydroxylation sites is 1. The molecule has 0 spiro atoms. The van der Waals surface area contributed by atoms with E-state index in [4.69, 9.17) is 9.47 Å². The fraction of sp³-hybridized carbons (Fsp3) is 0.273. The second-order valence-corrected chi connectivity index (χ2v) is 6.31. The van der Waals surface area contributed by atoms with Crippen LogP contribution in [0.25, 0.3) is 5.57 Å². The van der Waals surface area contributed by atoms with Gasteiger partial charge in [0.2, 0.25) is 0 Å². The van der Waals surface area contributed by atoms with E-state index < -0.39 is 0 Å². The molecule has 0 atom stereocenters. The third-order valence-electron chi connectivity index (χ3n) is 4.44. The first-order chi connectivity index (χ1) is 13.6. The van der Waals surface area contributed by atoms with Gasteiger partial charge in [-0.3, -0.25) is 14.5 Å². The molecule has 1 heterocycles. The van der Waals surface area contributed by atoms with Gasteiger partial charge in [0.05, 0.1) is 19.3 Å². The molecule has 0 unspecified atom stereocenters. The summed E-state index contributed by atoms with van der Waals surface area (Å²) in [5.74, 6) is 0.553. The molecular weight excluding hydrogens is 356 g/mol. The smallest absolute Gasteiger partial charge is 0.278 e. The molecule has 0 radical (unpaired) electrons. The Morgan fingerprint density at radius 2 is 1.79 bits per heavy atom. The van der Waals surface area contributed by atoms with E-state index in [0.29, 0.717) is 41.5 Å². The summed E-state index contributed by atoms with van der Waals surface area (Å²) in [6.07, 6.45) is 0.902. The average Bonchev–Trinajstić information content (AvgIpc) is 2.95. The number of methoxy groups -OCH3 is 1. The van der Waals surface area contributed by atoms with Gasteiger partial charge in [-0.1, -0.05) is 31.2 Å². The van der Waals surface area contributed by atoms with Gasteiger partial charge in [-0.2, -0.15) is 0 Å². The van der Waals surface area contributed by atoms with E-state index in [-0.39, 0.29) is 17.5 Å². The lowest BCUT2D eigenvalue weighted by molar-refractivity contribution is -0.136. The number of hydrogen-bond acceptors (Lipinski definition) is 5. The summed E-state index contributed by atoms with van der Waals surface area (Å²) in [6.45, 7) is 4.72. The van der Waals surface area contributed by atoms with Crippen molar-refractivity contribution in [2.45, 2.75) is 20.3 Å². The summed E-state index contributed by atoms with van der Waals surface area (Å²) in [7, 11) is 1.54. The Morgan fingerprint density at radius 3 is 2.50 bits per heavy atom. The number of ether oxygens (including phenoxy) is 2. The number of likely N-dealkylation sites (N-methyl/N-ethyl adjacent to an activating group) is 1. The first-order valence-electron chi connectivity index (χ1n) is 9.34. The number of hydrogen-bond donors (Lipinski definition) is 1. The van der Waals surface area contributed by atoms with Crippen LogP contribution < -0.4 is 14.8 Å². The topological polar surface area (TPSA) is 67.9 Å². The van der Waals surface area contributed by atoms with Gasteiger partial charge in [-0.05, 0) is 31.5 Å². The predicted octanol–water partition coefficient (Wildman–Crippen LogP) is 3.70. The van der Waals surface area contributed by atoms with Gasteiger partial charge < -0.3 is 14.8 Å². The fourth-order valence-electron chi connectivity index (χ4n) is 3.11. The summed E-state index contributed by atoms with van der Waals surface area (Å²) in [5, 5.41) is 3.13. The van der Waals surface area contributed by atoms with Crippen LogP contribution in [0.1, 0.15) is 25.8 Å². The summed E-state index contributed by atoms with van der Waals surface area (Å²) in [6, 6.07) is 14.5. The van der Waals surface area contributed by atoms with Crippen LogP contribution >= 0.6 is 0 Å². The first-order valence-corrected chi connectivity index (χ1v) is 9.34. The Balaban J connectivity index is 2.04. The fourth-order valence-corrected chi connectivity index (χ4v) is 3.11. The van der Waals surface area contributed by atoms with Crippen molar-refractivity contribution >= 4 is 23.1 Å². The molecule has 2 amide bonds. The van der Waals surface area contributed by atoms with Gasteiger partial charge in [-0.15, -0.1) is 0 Å². The summed E-state index contributed by atoms with van der Waals surface area (Å²) in [4.78, 5) is 27.1. The van der Waals surface area contributed by atoms with Crippen LogP contribution in [-0.2, 0) is 9.59 Å². The second-order valence-electron chi connectivity index (χ2n) is 6.31. The standard InChI is InChI=1S/C22H24N2O4/c1-4-13-28-16-10-8-9-15(14-16)23-20-19(21(25)24(5-2)22(20)26)17-11-6-7-12-18(17)27-3/h6-12,14,23H,4-5,13H2,1-3H3. The van der Waals surface area contributed by atoms with Crippen LogP contribution in [0.15, 0.2) is 54.2 Å². The molecule has 0 aromatic heterocycles. The molecule has 6 nitrogen and oxygen atoms in total. The largest absolute Gasteiger partial charge is 0.496 e. The maximum absolute atomic E-state index is 13.0. The van der Waals surface area contributed by atoms with Crippen LogP contribution in [0.3, 0.4) is 0 Å². The molecule has 0 saturated carbocycles. The molecule has 146 valence electrons. The second kappa shape index (κ2) is 8.61. The maximum atomic E-state index is 13.0. The number of amides is 2. The van der Waals surface area contributed by atoms with Crippen molar-refractivity contribution < 1.29 is 19.1 Å². The Hall–Kier alpha value is -3.28. The van der Waals surface area contributed by atoms with Crippen molar-refractivity contribution in [1.82, 2.24) is 4.90 Å². The average molecular weight is 380 g/mol. The van der Waals surface area contributed by atoms with Gasteiger partial charge in [0, 0.05) is 23.9 Å². The number of nitrogens with one attached hydrogen (secondary N) is 1. The van der Waals surface area contributed by atoms with Crippen molar-refractivity contribution in [3.63, 3.8) is 0 Å². The molecule has 1 N–H and O–H groups in total. The molecule has 6 heteroatoms. The monoisotopic (exact) mass is 380 g/mol. The molecule has 0 fully saturated rings. The van der Waals surface area contributed by atoms with Gasteiger partial charge in [-0.25, -0.2) is 0 Å². The highest BCUT2D eigenvalue weighted by atomic mass is 16.5. The number of carbonyl (C=O) groups excluding carboxylic acids is 2. The lowest BCUT2D eigenvalue weighted by Gasteiger charge is -2.12. The molecule has 2 aromatic rings. The number of rotatable bonds is 8. The molecular formula is C22H24N2O4. The maximum Gasteiger partial charge on any atom is 0.278 e. The van der Waals surface area contributed by atoms with Crippen molar-refractivity contribution in [3.05, 3.63) is 59.8 Å². The normalized spacial score (nSPS) is 13.9. The molecule has 1 aliphatic heterocycles. The highest BCUT2D eigenvalue weighted by Crippen LogP contribution is 2.35. The Morgan fingerprint density at radius 1 is 1.00 bits per heavy atom. The predicted molar refractivity (Wildman–Crippen MR) is 108 cm³/mol. The SMILES string of the molecule is CCCOc1cccc(NC2=C(c3ccccc3OC)C(=O)N(CC)C2=O)c1. The molecule has 0 saturated heterocycles. The van der Waals surface area contributed by atoms with Crippen molar-refractivity contribution in [1.29, 1.82) is 0 Å². The van der Waals surface area contributed by atoms with E-state index in [2.05, 4.69) is 5.32 Å². The third kappa shape index (κ3) is 3.71. The zero-order valence-corrected chi connectivity index (χ0v) is 16.3. The zero-order chi connectivity index (χ0) is 20.1. The van der Waals surface area contributed by atoms with Crippen LogP contribution in [0, 0.1) is 0 Å². The van der Waals surface area contributed by atoms with E-state index in [1.807, 2.05) is 43.3 Å². The van der Waals surface area contributed by atoms with Gasteiger partial charge in [0.1, 0.15) is 17.2 Å². The van der Waals surface area contributed by atoms with Crippen LogP contribution in [-0.4, -0.2) is 37.0 Å². The highest BCUT2D eigenvalue weighted by Gasteiger charge is 2.39. The van der Waals surface area contributed by atoms with E-state index in [0.717, 1.165) is 6.42 Å². The van der Waals surface area contributed by atoms with Gasteiger partial charge >= 0.3 is 0 Å². The van der Waals surface area contributed by atoms with Gasteiger partial charge in [0.15, 0.2) is 0 Å². The first kappa shape index (κ1) is 19.5. The number of anilines is 1. The van der Waals surface area contributed by atoms with E-state index in [1.165, 1.54) is 4.90 Å². The minimum absolute atomic E-state index is 0.240. The van der Waals surface area contributed by atoms with Crippen molar-refractivity contribution in [2.75, 3.05) is 25.6 Å². The zero-order valence-electron chi connectivity index (χ0n) is 16.3. The van der Waals surface area contributed by atoms with Crippen LogP contribution in [0.2, 0.25) is 0 Å². The number of nitrogens with zero attached hydrogens (tertiary/aromatic N) is 1. The Labute approximate surface area is 164 Å².